The molecule has 166 valence electrons. The molecule has 32 heavy (non-hydrogen) atoms. The predicted octanol–water partition coefficient (Wildman–Crippen LogP) is 5.36. The lowest BCUT2D eigenvalue weighted by atomic mass is 10.0. The van der Waals surface area contributed by atoms with E-state index in [1.54, 1.807) is 30.3 Å². The molecule has 1 aliphatic heterocycles. The summed E-state index contributed by atoms with van der Waals surface area (Å²) in [4.78, 5) is 12.5. The molecule has 0 radical (unpaired) electrons. The molecule has 1 heterocycles. The number of para-hydroxylation sites is 1. The number of hydrogen-bond donors (Lipinski definition) is 1. The summed E-state index contributed by atoms with van der Waals surface area (Å²) in [6.45, 7) is 2.38. The number of nitrogens with one attached hydrogen (secondary N) is 1. The van der Waals surface area contributed by atoms with E-state index < -0.39 is 10.0 Å². The van der Waals surface area contributed by atoms with Gasteiger partial charge in [0.15, 0.2) is 0 Å². The first-order valence-electron chi connectivity index (χ1n) is 10.6. The number of anilines is 2. The molecule has 4 rings (SSSR count). The second kappa shape index (κ2) is 9.35. The van der Waals surface area contributed by atoms with Gasteiger partial charge in [0.25, 0.3) is 10.0 Å². The van der Waals surface area contributed by atoms with Gasteiger partial charge in [-0.15, -0.1) is 0 Å². The third-order valence-corrected chi connectivity index (χ3v) is 7.91. The summed E-state index contributed by atoms with van der Waals surface area (Å²) >= 11 is 6.10. The third-order valence-electron chi connectivity index (χ3n) is 5.68. The molecule has 0 aliphatic carbocycles. The average molecular weight is 469 g/mol. The molecule has 0 spiro atoms. The van der Waals surface area contributed by atoms with Crippen molar-refractivity contribution in [3.63, 3.8) is 0 Å². The molecule has 3 aromatic carbocycles. The highest BCUT2D eigenvalue weighted by Gasteiger charge is 2.28. The Morgan fingerprint density at radius 3 is 2.56 bits per heavy atom. The van der Waals surface area contributed by atoms with Crippen molar-refractivity contribution >= 4 is 38.9 Å². The summed E-state index contributed by atoms with van der Waals surface area (Å²) in [5.41, 5.74) is 4.33. The van der Waals surface area contributed by atoms with Crippen LogP contribution in [0, 0.1) is 6.92 Å². The summed E-state index contributed by atoms with van der Waals surface area (Å²) in [6, 6.07) is 19.9. The Balaban J connectivity index is 1.41. The number of halogens is 1. The van der Waals surface area contributed by atoms with E-state index >= 15 is 0 Å². The fourth-order valence-electron chi connectivity index (χ4n) is 3.86. The number of sulfonamides is 1. The van der Waals surface area contributed by atoms with E-state index in [2.05, 4.69) is 5.32 Å². The lowest BCUT2D eigenvalue weighted by Gasteiger charge is -2.30. The Labute approximate surface area is 194 Å². The van der Waals surface area contributed by atoms with E-state index in [1.807, 2.05) is 43.3 Å². The smallest absolute Gasteiger partial charge is 0.264 e. The van der Waals surface area contributed by atoms with Crippen molar-refractivity contribution in [2.24, 2.45) is 0 Å². The largest absolute Gasteiger partial charge is 0.326 e. The van der Waals surface area contributed by atoms with Crippen molar-refractivity contribution in [1.29, 1.82) is 0 Å². The quantitative estimate of drug-likeness (QED) is 0.529. The second-order valence-electron chi connectivity index (χ2n) is 7.97. The van der Waals surface area contributed by atoms with Crippen LogP contribution >= 0.6 is 11.6 Å². The normalized spacial score (nSPS) is 13.5. The van der Waals surface area contributed by atoms with Crippen LogP contribution in [0.4, 0.5) is 11.4 Å². The molecule has 5 nitrogen and oxygen atoms in total. The highest BCUT2D eigenvalue weighted by Crippen LogP contribution is 2.31. The summed E-state index contributed by atoms with van der Waals surface area (Å²) in [5, 5.41) is 3.45. The van der Waals surface area contributed by atoms with Gasteiger partial charge in [0, 0.05) is 23.7 Å². The van der Waals surface area contributed by atoms with E-state index in [4.69, 9.17) is 11.6 Å². The summed E-state index contributed by atoms with van der Waals surface area (Å²) < 4.78 is 28.0. The van der Waals surface area contributed by atoms with Gasteiger partial charge in [-0.3, -0.25) is 9.10 Å². The summed E-state index contributed by atoms with van der Waals surface area (Å²) in [5.74, 6) is -0.119. The van der Waals surface area contributed by atoms with Gasteiger partial charge in [-0.25, -0.2) is 8.42 Å². The van der Waals surface area contributed by atoms with Crippen LogP contribution < -0.4 is 9.62 Å². The molecule has 1 aliphatic rings. The minimum absolute atomic E-state index is 0.119. The molecule has 0 unspecified atom stereocenters. The van der Waals surface area contributed by atoms with Gasteiger partial charge in [0.1, 0.15) is 0 Å². The molecule has 0 bridgehead atoms. The maximum absolute atomic E-state index is 13.2. The number of fused-ring (bicyclic) bond motifs is 1. The number of carbonyl (C=O) groups is 1. The van der Waals surface area contributed by atoms with Crippen LogP contribution in [0.15, 0.2) is 71.6 Å². The maximum atomic E-state index is 13.2. The number of aryl methyl sites for hydroxylation is 3. The fraction of sp³-hybridized carbons (Fsp3) is 0.240. The van der Waals surface area contributed by atoms with Crippen LogP contribution in [0.25, 0.3) is 0 Å². The van der Waals surface area contributed by atoms with Crippen LogP contribution in [0.5, 0.6) is 0 Å². The zero-order valence-corrected chi connectivity index (χ0v) is 19.4. The number of carbonyl (C=O) groups excluding carboxylic acids is 1. The van der Waals surface area contributed by atoms with Crippen molar-refractivity contribution in [2.45, 2.75) is 37.5 Å². The van der Waals surface area contributed by atoms with Crippen LogP contribution in [-0.2, 0) is 27.7 Å². The van der Waals surface area contributed by atoms with Crippen LogP contribution in [0.3, 0.4) is 0 Å². The first-order chi connectivity index (χ1) is 15.3. The Kier molecular flexibility index (Phi) is 6.53. The monoisotopic (exact) mass is 468 g/mol. The minimum Gasteiger partial charge on any atom is -0.326 e. The van der Waals surface area contributed by atoms with Crippen molar-refractivity contribution < 1.29 is 13.2 Å². The number of rotatable bonds is 6. The second-order valence-corrected chi connectivity index (χ2v) is 10.2. The van der Waals surface area contributed by atoms with Gasteiger partial charge in [0.2, 0.25) is 5.91 Å². The lowest BCUT2D eigenvalue weighted by molar-refractivity contribution is -0.116. The van der Waals surface area contributed by atoms with Crippen molar-refractivity contribution in [3.05, 3.63) is 88.4 Å². The van der Waals surface area contributed by atoms with Crippen LogP contribution in [0.2, 0.25) is 5.02 Å². The van der Waals surface area contributed by atoms with Gasteiger partial charge in [-0.05, 0) is 73.2 Å². The van der Waals surface area contributed by atoms with E-state index in [0.717, 1.165) is 35.2 Å². The standard InChI is InChI=1S/C25H25ClN2O3S/c1-18-8-12-21(17-23(18)26)27-25(29)15-11-19-9-13-22(14-10-19)32(30,31)28-16-4-6-20-5-2-3-7-24(20)28/h2-3,5,7-10,12-14,17H,4,6,11,15-16H2,1H3,(H,27,29). The van der Waals surface area contributed by atoms with Crippen molar-refractivity contribution in [2.75, 3.05) is 16.2 Å². The third kappa shape index (κ3) is 4.81. The first-order valence-corrected chi connectivity index (χ1v) is 12.4. The molecule has 0 saturated carbocycles. The number of hydrogen-bond acceptors (Lipinski definition) is 3. The van der Waals surface area contributed by atoms with Crippen molar-refractivity contribution in [1.82, 2.24) is 0 Å². The van der Waals surface area contributed by atoms with E-state index in [1.165, 1.54) is 4.31 Å². The Morgan fingerprint density at radius 2 is 1.81 bits per heavy atom. The summed E-state index contributed by atoms with van der Waals surface area (Å²) in [7, 11) is -3.63. The minimum atomic E-state index is -3.63. The molecule has 1 amide bonds. The number of nitrogens with zero attached hydrogens (tertiary/aromatic N) is 1. The van der Waals surface area contributed by atoms with Crippen LogP contribution in [0.1, 0.15) is 29.5 Å². The van der Waals surface area contributed by atoms with Gasteiger partial charge in [-0.2, -0.15) is 0 Å². The van der Waals surface area contributed by atoms with E-state index in [9.17, 15) is 13.2 Å². The van der Waals surface area contributed by atoms with E-state index in [0.29, 0.717) is 23.7 Å². The molecule has 0 fully saturated rings. The van der Waals surface area contributed by atoms with Crippen LogP contribution in [-0.4, -0.2) is 20.9 Å². The summed E-state index contributed by atoms with van der Waals surface area (Å²) in [6.07, 6.45) is 2.49. The SMILES string of the molecule is Cc1ccc(NC(=O)CCc2ccc(S(=O)(=O)N3CCCc4ccccc43)cc2)cc1Cl. The fourth-order valence-corrected chi connectivity index (χ4v) is 5.58. The molecule has 0 aromatic heterocycles. The highest BCUT2D eigenvalue weighted by molar-refractivity contribution is 7.92. The number of amides is 1. The van der Waals surface area contributed by atoms with Gasteiger partial charge >= 0.3 is 0 Å². The molecule has 3 aromatic rings. The molecule has 0 saturated heterocycles. The van der Waals surface area contributed by atoms with Gasteiger partial charge in [-0.1, -0.05) is 48.0 Å². The maximum Gasteiger partial charge on any atom is 0.264 e. The Hall–Kier alpha value is -2.83. The zero-order chi connectivity index (χ0) is 22.7. The molecule has 7 heteroatoms. The van der Waals surface area contributed by atoms with Gasteiger partial charge < -0.3 is 5.32 Å². The number of benzene rings is 3. The Morgan fingerprint density at radius 1 is 1.06 bits per heavy atom. The molecular weight excluding hydrogens is 444 g/mol. The predicted molar refractivity (Wildman–Crippen MR) is 129 cm³/mol. The topological polar surface area (TPSA) is 66.5 Å². The zero-order valence-electron chi connectivity index (χ0n) is 17.8. The van der Waals surface area contributed by atoms with Crippen molar-refractivity contribution in [3.8, 4) is 0 Å². The molecule has 0 atom stereocenters. The Bertz CT molecular complexity index is 1240. The first kappa shape index (κ1) is 22.4. The highest BCUT2D eigenvalue weighted by atomic mass is 35.5. The molecule has 1 N–H and O–H groups in total. The average Bonchev–Trinajstić information content (AvgIpc) is 2.80. The van der Waals surface area contributed by atoms with Gasteiger partial charge in [0.05, 0.1) is 10.6 Å². The molecular formula is C25H25ClN2O3S. The lowest BCUT2D eigenvalue weighted by Crippen LogP contribution is -2.35. The van der Waals surface area contributed by atoms with E-state index in [-0.39, 0.29) is 17.2 Å².